The first kappa shape index (κ1) is 13.6. The van der Waals surface area contributed by atoms with Crippen LogP contribution < -0.4 is 5.32 Å². The molecular weight excluding hydrogens is 220 g/mol. The van der Waals surface area contributed by atoms with Gasteiger partial charge in [0.1, 0.15) is 5.01 Å². The van der Waals surface area contributed by atoms with Crippen molar-refractivity contribution in [3.05, 3.63) is 16.6 Å². The molecule has 1 aromatic heterocycles. The van der Waals surface area contributed by atoms with Crippen molar-refractivity contribution in [2.24, 2.45) is 5.92 Å². The number of hydrogen-bond acceptors (Lipinski definition) is 4. The maximum absolute atomic E-state index is 5.60. The minimum atomic E-state index is 0.303. The summed E-state index contributed by atoms with van der Waals surface area (Å²) in [5.74, 6) is 0.601. The minimum Gasteiger partial charge on any atom is -0.380 e. The third kappa shape index (κ3) is 5.05. The van der Waals surface area contributed by atoms with Gasteiger partial charge in [-0.1, -0.05) is 13.8 Å². The van der Waals surface area contributed by atoms with E-state index in [1.165, 1.54) is 0 Å². The largest absolute Gasteiger partial charge is 0.380 e. The smallest absolute Gasteiger partial charge is 0.109 e. The Hall–Kier alpha value is -0.450. The predicted octanol–water partition coefficient (Wildman–Crippen LogP) is 2.85. The summed E-state index contributed by atoms with van der Waals surface area (Å²) in [6.45, 7) is 10.2. The fourth-order valence-electron chi connectivity index (χ4n) is 1.48. The van der Waals surface area contributed by atoms with Gasteiger partial charge in [0.15, 0.2) is 0 Å². The minimum absolute atomic E-state index is 0.303. The fourth-order valence-corrected chi connectivity index (χ4v) is 2.13. The van der Waals surface area contributed by atoms with Gasteiger partial charge < -0.3 is 10.1 Å². The molecule has 1 heterocycles. The Labute approximate surface area is 102 Å². The van der Waals surface area contributed by atoms with Gasteiger partial charge >= 0.3 is 0 Å². The number of nitrogens with zero attached hydrogens (tertiary/aromatic N) is 1. The Bertz CT molecular complexity index is 275. The molecule has 1 rings (SSSR count). The van der Waals surface area contributed by atoms with Gasteiger partial charge in [-0.25, -0.2) is 4.98 Å². The summed E-state index contributed by atoms with van der Waals surface area (Å²) in [6.07, 6.45) is 1.85. The normalized spacial score (nSPS) is 15.3. The lowest BCUT2D eigenvalue weighted by Gasteiger charge is -2.19. The Balaban J connectivity index is 2.21. The van der Waals surface area contributed by atoms with Gasteiger partial charge in [0, 0.05) is 24.2 Å². The van der Waals surface area contributed by atoms with Crippen LogP contribution in [0.15, 0.2) is 11.6 Å². The summed E-state index contributed by atoms with van der Waals surface area (Å²) in [5, 5.41) is 6.62. The van der Waals surface area contributed by atoms with E-state index in [0.717, 1.165) is 18.2 Å². The Kier molecular flexibility index (Phi) is 5.95. The first-order chi connectivity index (χ1) is 7.59. The van der Waals surface area contributed by atoms with E-state index in [4.69, 9.17) is 4.74 Å². The van der Waals surface area contributed by atoms with Crippen molar-refractivity contribution in [3.63, 3.8) is 0 Å². The average Bonchev–Trinajstić information content (AvgIpc) is 2.69. The van der Waals surface area contributed by atoms with Crippen molar-refractivity contribution in [1.29, 1.82) is 0 Å². The Morgan fingerprint density at radius 2 is 2.06 bits per heavy atom. The van der Waals surface area contributed by atoms with Gasteiger partial charge in [-0.15, -0.1) is 11.3 Å². The molecule has 0 radical (unpaired) electrons. The lowest BCUT2D eigenvalue weighted by atomic mass is 10.2. The molecule has 2 unspecified atom stereocenters. The lowest BCUT2D eigenvalue weighted by Crippen LogP contribution is -2.33. The van der Waals surface area contributed by atoms with Crippen LogP contribution in [0.2, 0.25) is 0 Å². The maximum atomic E-state index is 5.60. The first-order valence-electron chi connectivity index (χ1n) is 5.82. The average molecular weight is 242 g/mol. The summed E-state index contributed by atoms with van der Waals surface area (Å²) in [4.78, 5) is 4.29. The van der Waals surface area contributed by atoms with Gasteiger partial charge in [0.05, 0.1) is 12.6 Å². The molecule has 2 atom stereocenters. The molecule has 0 amide bonds. The van der Waals surface area contributed by atoms with Crippen LogP contribution in [0.3, 0.4) is 0 Å². The van der Waals surface area contributed by atoms with Gasteiger partial charge in [-0.2, -0.15) is 0 Å². The van der Waals surface area contributed by atoms with Gasteiger partial charge in [-0.05, 0) is 19.8 Å². The molecule has 0 aromatic carbocycles. The van der Waals surface area contributed by atoms with Crippen LogP contribution in [-0.2, 0) is 4.74 Å². The molecule has 0 aliphatic heterocycles. The molecule has 0 saturated carbocycles. The summed E-state index contributed by atoms with van der Waals surface area (Å²) >= 11 is 1.69. The maximum Gasteiger partial charge on any atom is 0.109 e. The molecule has 0 spiro atoms. The van der Waals surface area contributed by atoms with Crippen LogP contribution in [0, 0.1) is 5.92 Å². The summed E-state index contributed by atoms with van der Waals surface area (Å²) in [7, 11) is 0. The lowest BCUT2D eigenvalue weighted by molar-refractivity contribution is 0.0915. The molecular formula is C12H22N2OS. The van der Waals surface area contributed by atoms with E-state index in [0.29, 0.717) is 18.0 Å². The molecule has 1 N–H and O–H groups in total. The van der Waals surface area contributed by atoms with Gasteiger partial charge in [0.25, 0.3) is 0 Å². The standard InChI is InChI=1S/C12H22N2OS/c1-9(2)7-15-8-10(3)14-11(4)12-13-5-6-16-12/h5-6,9-11,14H,7-8H2,1-4H3. The van der Waals surface area contributed by atoms with Gasteiger partial charge in [-0.3, -0.25) is 0 Å². The highest BCUT2D eigenvalue weighted by molar-refractivity contribution is 7.09. The van der Waals surface area contributed by atoms with Crippen molar-refractivity contribution in [3.8, 4) is 0 Å². The molecule has 3 nitrogen and oxygen atoms in total. The van der Waals surface area contributed by atoms with Crippen molar-refractivity contribution in [1.82, 2.24) is 10.3 Å². The molecule has 1 aromatic rings. The molecule has 0 bridgehead atoms. The molecule has 0 saturated heterocycles. The summed E-state index contributed by atoms with van der Waals surface area (Å²) in [6, 6.07) is 0.662. The highest BCUT2D eigenvalue weighted by Crippen LogP contribution is 2.15. The zero-order valence-corrected chi connectivity index (χ0v) is 11.4. The fraction of sp³-hybridized carbons (Fsp3) is 0.750. The van der Waals surface area contributed by atoms with Crippen LogP contribution in [0.1, 0.15) is 38.7 Å². The number of thiazole rings is 1. The third-order valence-electron chi connectivity index (χ3n) is 2.18. The SMILES string of the molecule is CC(C)COCC(C)NC(C)c1nccs1. The third-order valence-corrected chi connectivity index (χ3v) is 3.13. The van der Waals surface area contributed by atoms with Gasteiger partial charge in [0.2, 0.25) is 0 Å². The van der Waals surface area contributed by atoms with E-state index in [2.05, 4.69) is 38.0 Å². The predicted molar refractivity (Wildman–Crippen MR) is 68.8 cm³/mol. The quantitative estimate of drug-likeness (QED) is 0.798. The number of rotatable bonds is 7. The molecule has 92 valence electrons. The van der Waals surface area contributed by atoms with E-state index >= 15 is 0 Å². The topological polar surface area (TPSA) is 34.1 Å². The van der Waals surface area contributed by atoms with Crippen LogP contribution in [0.5, 0.6) is 0 Å². The van der Waals surface area contributed by atoms with Crippen LogP contribution in [-0.4, -0.2) is 24.2 Å². The molecule has 0 aliphatic rings. The van der Waals surface area contributed by atoms with E-state index < -0.39 is 0 Å². The number of ether oxygens (including phenoxy) is 1. The van der Waals surface area contributed by atoms with Crippen LogP contribution in [0.4, 0.5) is 0 Å². The summed E-state index contributed by atoms with van der Waals surface area (Å²) < 4.78 is 5.60. The van der Waals surface area contributed by atoms with Crippen molar-refractivity contribution in [2.45, 2.75) is 39.8 Å². The molecule has 4 heteroatoms. The van der Waals surface area contributed by atoms with E-state index in [1.807, 2.05) is 11.6 Å². The highest BCUT2D eigenvalue weighted by Gasteiger charge is 2.11. The number of nitrogens with one attached hydrogen (secondary N) is 1. The number of hydrogen-bond donors (Lipinski definition) is 1. The zero-order valence-electron chi connectivity index (χ0n) is 10.6. The zero-order chi connectivity index (χ0) is 12.0. The molecule has 0 aliphatic carbocycles. The second-order valence-electron chi connectivity index (χ2n) is 4.59. The molecule has 0 fully saturated rings. The Morgan fingerprint density at radius 1 is 1.31 bits per heavy atom. The van der Waals surface area contributed by atoms with Crippen molar-refractivity contribution >= 4 is 11.3 Å². The second kappa shape index (κ2) is 6.99. The Morgan fingerprint density at radius 3 is 2.62 bits per heavy atom. The molecule has 16 heavy (non-hydrogen) atoms. The van der Waals surface area contributed by atoms with Crippen molar-refractivity contribution < 1.29 is 4.74 Å². The van der Waals surface area contributed by atoms with E-state index in [9.17, 15) is 0 Å². The monoisotopic (exact) mass is 242 g/mol. The van der Waals surface area contributed by atoms with E-state index in [1.54, 1.807) is 11.3 Å². The number of aromatic nitrogens is 1. The second-order valence-corrected chi connectivity index (χ2v) is 5.52. The van der Waals surface area contributed by atoms with Crippen LogP contribution >= 0.6 is 11.3 Å². The first-order valence-corrected chi connectivity index (χ1v) is 6.70. The summed E-state index contributed by atoms with van der Waals surface area (Å²) in [5.41, 5.74) is 0. The van der Waals surface area contributed by atoms with Crippen molar-refractivity contribution in [2.75, 3.05) is 13.2 Å². The van der Waals surface area contributed by atoms with E-state index in [-0.39, 0.29) is 0 Å². The van der Waals surface area contributed by atoms with Crippen LogP contribution in [0.25, 0.3) is 0 Å². The highest BCUT2D eigenvalue weighted by atomic mass is 32.1.